The average Bonchev–Trinajstić information content (AvgIpc) is 2.48. The fraction of sp³-hybridized carbons (Fsp3) is 0.300. The number of benzene rings is 1. The molecule has 0 N–H and O–H groups in total. The van der Waals surface area contributed by atoms with Crippen LogP contribution in [0, 0.1) is 11.6 Å². The molecule has 1 aromatic heterocycles. The first kappa shape index (κ1) is 9.12. The highest BCUT2D eigenvalue weighted by Gasteiger charge is 2.09. The highest BCUT2D eigenvalue weighted by atomic mass is 19.2. The van der Waals surface area contributed by atoms with Gasteiger partial charge >= 0.3 is 0 Å². The lowest BCUT2D eigenvalue weighted by Crippen LogP contribution is -1.82. The quantitative estimate of drug-likeness (QED) is 0.739. The minimum absolute atomic E-state index is 0.298. The number of nitrogens with zero attached hydrogens (tertiary/aromatic N) is 1. The van der Waals surface area contributed by atoms with Gasteiger partial charge in [-0.1, -0.05) is 6.92 Å². The van der Waals surface area contributed by atoms with Gasteiger partial charge in [0.15, 0.2) is 23.1 Å². The third-order valence-corrected chi connectivity index (χ3v) is 1.94. The molecule has 0 fully saturated rings. The zero-order valence-corrected chi connectivity index (χ0v) is 7.68. The van der Waals surface area contributed by atoms with Crippen LogP contribution in [0.5, 0.6) is 0 Å². The van der Waals surface area contributed by atoms with Crippen LogP contribution in [0.4, 0.5) is 8.78 Å². The molecule has 0 unspecified atom stereocenters. The van der Waals surface area contributed by atoms with Crippen LogP contribution in [0.1, 0.15) is 19.2 Å². The molecule has 0 atom stereocenters. The minimum Gasteiger partial charge on any atom is -0.441 e. The SMILES string of the molecule is CCCc1nc2cc(F)c(F)cc2o1. The van der Waals surface area contributed by atoms with Crippen molar-refractivity contribution < 1.29 is 13.2 Å². The Morgan fingerprint density at radius 3 is 2.71 bits per heavy atom. The standard InChI is InChI=1S/C10H9F2NO/c1-2-3-10-13-8-4-6(11)7(12)5-9(8)14-10/h4-5H,2-3H2,1H3. The normalized spacial score (nSPS) is 11.1. The van der Waals surface area contributed by atoms with E-state index in [9.17, 15) is 8.78 Å². The Morgan fingerprint density at radius 1 is 1.29 bits per heavy atom. The Labute approximate surface area is 79.6 Å². The Balaban J connectivity index is 2.54. The smallest absolute Gasteiger partial charge is 0.195 e. The summed E-state index contributed by atoms with van der Waals surface area (Å²) in [6, 6.07) is 2.07. The lowest BCUT2D eigenvalue weighted by atomic mass is 10.3. The summed E-state index contributed by atoms with van der Waals surface area (Å²) >= 11 is 0. The molecule has 0 amide bonds. The third kappa shape index (κ3) is 1.47. The van der Waals surface area contributed by atoms with Gasteiger partial charge in [-0.2, -0.15) is 0 Å². The molecule has 4 heteroatoms. The number of aromatic nitrogens is 1. The molecule has 2 rings (SSSR count). The number of halogens is 2. The predicted molar refractivity (Wildman–Crippen MR) is 47.9 cm³/mol. The van der Waals surface area contributed by atoms with Crippen molar-refractivity contribution in [1.29, 1.82) is 0 Å². The summed E-state index contributed by atoms with van der Waals surface area (Å²) in [5.74, 6) is -1.28. The first-order valence-corrected chi connectivity index (χ1v) is 4.45. The van der Waals surface area contributed by atoms with Crippen molar-refractivity contribution in [3.63, 3.8) is 0 Å². The zero-order valence-electron chi connectivity index (χ0n) is 7.68. The summed E-state index contributed by atoms with van der Waals surface area (Å²) in [5, 5.41) is 0. The highest BCUT2D eigenvalue weighted by molar-refractivity contribution is 5.72. The van der Waals surface area contributed by atoms with Gasteiger partial charge in [-0.15, -0.1) is 0 Å². The van der Waals surface area contributed by atoms with Gasteiger partial charge < -0.3 is 4.42 Å². The van der Waals surface area contributed by atoms with Gasteiger partial charge in [-0.25, -0.2) is 13.8 Å². The van der Waals surface area contributed by atoms with Crippen LogP contribution >= 0.6 is 0 Å². The molecule has 74 valence electrons. The first-order chi connectivity index (χ1) is 6.70. The lowest BCUT2D eigenvalue weighted by Gasteiger charge is -1.89. The van der Waals surface area contributed by atoms with Crippen LogP contribution in [-0.2, 0) is 6.42 Å². The number of fused-ring (bicyclic) bond motifs is 1. The second-order valence-corrected chi connectivity index (χ2v) is 3.09. The summed E-state index contributed by atoms with van der Waals surface area (Å²) in [5.41, 5.74) is 0.666. The topological polar surface area (TPSA) is 26.0 Å². The summed E-state index contributed by atoms with van der Waals surface area (Å²) < 4.78 is 30.8. The van der Waals surface area contributed by atoms with Crippen LogP contribution in [0.2, 0.25) is 0 Å². The molecule has 0 spiro atoms. The number of hydrogen-bond acceptors (Lipinski definition) is 2. The van der Waals surface area contributed by atoms with Crippen molar-refractivity contribution in [2.45, 2.75) is 19.8 Å². The second-order valence-electron chi connectivity index (χ2n) is 3.09. The predicted octanol–water partition coefficient (Wildman–Crippen LogP) is 3.06. The molecular weight excluding hydrogens is 188 g/mol. The molecule has 14 heavy (non-hydrogen) atoms. The van der Waals surface area contributed by atoms with Crippen LogP contribution in [0.25, 0.3) is 11.1 Å². The van der Waals surface area contributed by atoms with Crippen LogP contribution < -0.4 is 0 Å². The molecule has 2 aromatic rings. The van der Waals surface area contributed by atoms with Gasteiger partial charge in [0.05, 0.1) is 0 Å². The molecule has 0 bridgehead atoms. The summed E-state index contributed by atoms with van der Waals surface area (Å²) in [6.45, 7) is 1.98. The van der Waals surface area contributed by atoms with Crippen molar-refractivity contribution >= 4 is 11.1 Å². The van der Waals surface area contributed by atoms with Gasteiger partial charge in [0.2, 0.25) is 0 Å². The minimum atomic E-state index is -0.906. The number of oxazole rings is 1. The molecule has 1 heterocycles. The maximum Gasteiger partial charge on any atom is 0.195 e. The average molecular weight is 197 g/mol. The Hall–Kier alpha value is -1.45. The largest absolute Gasteiger partial charge is 0.441 e. The number of rotatable bonds is 2. The molecule has 0 aliphatic carbocycles. The number of hydrogen-bond donors (Lipinski definition) is 0. The van der Waals surface area contributed by atoms with E-state index in [-0.39, 0.29) is 0 Å². The summed E-state index contributed by atoms with van der Waals surface area (Å²) in [6.07, 6.45) is 1.57. The maximum atomic E-state index is 12.8. The van der Waals surface area contributed by atoms with Gasteiger partial charge in [-0.3, -0.25) is 0 Å². The van der Waals surface area contributed by atoms with Crippen molar-refractivity contribution in [2.24, 2.45) is 0 Å². The summed E-state index contributed by atoms with van der Waals surface area (Å²) in [4.78, 5) is 4.03. The molecule has 2 nitrogen and oxygen atoms in total. The summed E-state index contributed by atoms with van der Waals surface area (Å²) in [7, 11) is 0. The van der Waals surface area contributed by atoms with Crippen molar-refractivity contribution in [3.8, 4) is 0 Å². The van der Waals surface area contributed by atoms with E-state index in [1.165, 1.54) is 0 Å². The van der Waals surface area contributed by atoms with Gasteiger partial charge in [-0.05, 0) is 6.42 Å². The number of aryl methyl sites for hydroxylation is 1. The van der Waals surface area contributed by atoms with E-state index in [1.54, 1.807) is 0 Å². The Morgan fingerprint density at radius 2 is 2.00 bits per heavy atom. The molecule has 0 aliphatic heterocycles. The van der Waals surface area contributed by atoms with Gasteiger partial charge in [0.1, 0.15) is 5.52 Å². The maximum absolute atomic E-state index is 12.8. The van der Waals surface area contributed by atoms with Crippen molar-refractivity contribution in [3.05, 3.63) is 29.7 Å². The Bertz CT molecular complexity index is 425. The van der Waals surface area contributed by atoms with E-state index in [0.29, 0.717) is 23.4 Å². The second kappa shape index (κ2) is 3.36. The Kier molecular flexibility index (Phi) is 2.19. The lowest BCUT2D eigenvalue weighted by molar-refractivity contribution is 0.501. The molecule has 0 aliphatic rings. The molecule has 1 aromatic carbocycles. The monoisotopic (exact) mass is 197 g/mol. The van der Waals surface area contributed by atoms with E-state index < -0.39 is 11.6 Å². The van der Waals surface area contributed by atoms with E-state index in [0.717, 1.165) is 18.6 Å². The molecule has 0 saturated carbocycles. The van der Waals surface area contributed by atoms with E-state index in [1.807, 2.05) is 6.92 Å². The van der Waals surface area contributed by atoms with Gasteiger partial charge in [0, 0.05) is 18.6 Å². The van der Waals surface area contributed by atoms with E-state index in [2.05, 4.69) is 4.98 Å². The molecule has 0 radical (unpaired) electrons. The molecular formula is C10H9F2NO. The van der Waals surface area contributed by atoms with E-state index >= 15 is 0 Å². The van der Waals surface area contributed by atoms with Crippen molar-refractivity contribution in [1.82, 2.24) is 4.98 Å². The van der Waals surface area contributed by atoms with Crippen LogP contribution in [-0.4, -0.2) is 4.98 Å². The highest BCUT2D eigenvalue weighted by Crippen LogP contribution is 2.19. The third-order valence-electron chi connectivity index (χ3n) is 1.94. The van der Waals surface area contributed by atoms with Crippen LogP contribution in [0.15, 0.2) is 16.5 Å². The fourth-order valence-corrected chi connectivity index (χ4v) is 1.29. The van der Waals surface area contributed by atoms with Gasteiger partial charge in [0.25, 0.3) is 0 Å². The van der Waals surface area contributed by atoms with Crippen molar-refractivity contribution in [2.75, 3.05) is 0 Å². The fourth-order valence-electron chi connectivity index (χ4n) is 1.29. The van der Waals surface area contributed by atoms with Crippen LogP contribution in [0.3, 0.4) is 0 Å². The first-order valence-electron chi connectivity index (χ1n) is 4.45. The zero-order chi connectivity index (χ0) is 10.1. The van der Waals surface area contributed by atoms with E-state index in [4.69, 9.17) is 4.42 Å². The molecule has 0 saturated heterocycles.